The molecular weight excluding hydrogens is 512 g/mol. The van der Waals surface area contributed by atoms with Crippen LogP contribution < -0.4 is 0 Å². The van der Waals surface area contributed by atoms with Crippen molar-refractivity contribution in [2.45, 2.75) is 44.7 Å². The Morgan fingerprint density at radius 1 is 0.537 bits per heavy atom. The minimum atomic E-state index is -0.452. The average molecular weight is 553 g/mol. The summed E-state index contributed by atoms with van der Waals surface area (Å²) in [6.45, 7) is 2.56. The standard InChI is InChI=1S/C36H40O5/c1-37-24-14-23-34(39-26-31-17-8-3-9-18-31)36(41-28-33-21-12-5-13-22-33)35(40-27-32-19-10-4-11-20-32)29-38-25-30-15-6-2-7-16-30/h2-23,34-36H,24-29H2,1H3/b23-14+/t34-,35-,36+/m1/s1. The minimum absolute atomic E-state index is 0.338. The summed E-state index contributed by atoms with van der Waals surface area (Å²) >= 11 is 0. The number of benzene rings is 4. The van der Waals surface area contributed by atoms with Crippen molar-refractivity contribution < 1.29 is 23.7 Å². The molecular formula is C36H40O5. The van der Waals surface area contributed by atoms with Crippen molar-refractivity contribution in [3.63, 3.8) is 0 Å². The molecule has 5 nitrogen and oxygen atoms in total. The highest BCUT2D eigenvalue weighted by Crippen LogP contribution is 2.21. The summed E-state index contributed by atoms with van der Waals surface area (Å²) < 4.78 is 31.3. The van der Waals surface area contributed by atoms with Crippen LogP contribution in [0.25, 0.3) is 0 Å². The molecule has 3 atom stereocenters. The van der Waals surface area contributed by atoms with Gasteiger partial charge in [0.2, 0.25) is 0 Å². The molecule has 0 bridgehead atoms. The van der Waals surface area contributed by atoms with Crippen LogP contribution in [0.3, 0.4) is 0 Å². The van der Waals surface area contributed by atoms with Gasteiger partial charge >= 0.3 is 0 Å². The Kier molecular flexibility index (Phi) is 13.3. The second-order valence-corrected chi connectivity index (χ2v) is 9.74. The third kappa shape index (κ3) is 11.1. The van der Waals surface area contributed by atoms with Gasteiger partial charge in [-0.3, -0.25) is 0 Å². The lowest BCUT2D eigenvalue weighted by Crippen LogP contribution is -2.44. The van der Waals surface area contributed by atoms with Gasteiger partial charge in [-0.15, -0.1) is 0 Å². The average Bonchev–Trinajstić information content (AvgIpc) is 3.03. The molecule has 0 heterocycles. The highest BCUT2D eigenvalue weighted by Gasteiger charge is 2.31. The topological polar surface area (TPSA) is 46.2 Å². The fourth-order valence-electron chi connectivity index (χ4n) is 4.38. The maximum absolute atomic E-state index is 6.64. The van der Waals surface area contributed by atoms with Crippen LogP contribution in [0.4, 0.5) is 0 Å². The van der Waals surface area contributed by atoms with E-state index in [2.05, 4.69) is 48.5 Å². The Morgan fingerprint density at radius 2 is 0.976 bits per heavy atom. The van der Waals surface area contributed by atoms with Crippen LogP contribution in [0.15, 0.2) is 133 Å². The molecule has 0 N–H and O–H groups in total. The molecule has 0 saturated carbocycles. The first-order valence-electron chi connectivity index (χ1n) is 14.1. The Hall–Kier alpha value is -3.58. The lowest BCUT2D eigenvalue weighted by molar-refractivity contribution is -0.157. The van der Waals surface area contributed by atoms with E-state index in [1.807, 2.05) is 84.9 Å². The van der Waals surface area contributed by atoms with E-state index in [1.165, 1.54) is 0 Å². The number of ether oxygens (including phenoxy) is 5. The van der Waals surface area contributed by atoms with E-state index in [4.69, 9.17) is 23.7 Å². The van der Waals surface area contributed by atoms with Crippen molar-refractivity contribution in [2.24, 2.45) is 0 Å². The molecule has 0 aliphatic carbocycles. The molecule has 0 amide bonds. The van der Waals surface area contributed by atoms with Gasteiger partial charge in [-0.05, 0) is 22.3 Å². The molecule has 5 heteroatoms. The van der Waals surface area contributed by atoms with Crippen LogP contribution in [-0.2, 0) is 50.1 Å². The maximum Gasteiger partial charge on any atom is 0.116 e. The molecule has 0 unspecified atom stereocenters. The van der Waals surface area contributed by atoms with Gasteiger partial charge in [0.15, 0.2) is 0 Å². The molecule has 0 radical (unpaired) electrons. The molecule has 0 saturated heterocycles. The monoisotopic (exact) mass is 552 g/mol. The number of hydrogen-bond acceptors (Lipinski definition) is 5. The van der Waals surface area contributed by atoms with Gasteiger partial charge in [-0.25, -0.2) is 0 Å². The normalized spacial score (nSPS) is 13.7. The van der Waals surface area contributed by atoms with Crippen molar-refractivity contribution in [3.05, 3.63) is 156 Å². The molecule has 0 fully saturated rings. The van der Waals surface area contributed by atoms with Crippen molar-refractivity contribution in [1.29, 1.82) is 0 Å². The summed E-state index contributed by atoms with van der Waals surface area (Å²) in [5, 5.41) is 0. The Morgan fingerprint density at radius 3 is 1.46 bits per heavy atom. The van der Waals surface area contributed by atoms with E-state index < -0.39 is 18.3 Å². The van der Waals surface area contributed by atoms with Gasteiger partial charge in [0.05, 0.1) is 39.6 Å². The molecule has 41 heavy (non-hydrogen) atoms. The molecule has 4 rings (SSSR count). The van der Waals surface area contributed by atoms with Crippen LogP contribution in [0.2, 0.25) is 0 Å². The van der Waals surface area contributed by atoms with Crippen LogP contribution in [0, 0.1) is 0 Å². The third-order valence-electron chi connectivity index (χ3n) is 6.55. The third-order valence-corrected chi connectivity index (χ3v) is 6.55. The van der Waals surface area contributed by atoms with Crippen LogP contribution in [0.1, 0.15) is 22.3 Å². The fraction of sp³-hybridized carbons (Fsp3) is 0.278. The predicted molar refractivity (Wildman–Crippen MR) is 162 cm³/mol. The van der Waals surface area contributed by atoms with E-state index in [0.29, 0.717) is 39.6 Å². The lowest BCUT2D eigenvalue weighted by Gasteiger charge is -2.32. The van der Waals surface area contributed by atoms with E-state index >= 15 is 0 Å². The van der Waals surface area contributed by atoms with Gasteiger partial charge in [0, 0.05) is 7.11 Å². The summed E-state index contributed by atoms with van der Waals surface area (Å²) in [5.41, 5.74) is 4.35. The van der Waals surface area contributed by atoms with E-state index in [-0.39, 0.29) is 0 Å². The quantitative estimate of drug-likeness (QED) is 0.123. The molecule has 214 valence electrons. The lowest BCUT2D eigenvalue weighted by atomic mass is 10.1. The fourth-order valence-corrected chi connectivity index (χ4v) is 4.38. The summed E-state index contributed by atoms with van der Waals surface area (Å²) in [7, 11) is 1.68. The minimum Gasteiger partial charge on any atom is -0.381 e. The first-order chi connectivity index (χ1) is 20.3. The Balaban J connectivity index is 1.58. The zero-order valence-electron chi connectivity index (χ0n) is 23.7. The van der Waals surface area contributed by atoms with Crippen molar-refractivity contribution in [1.82, 2.24) is 0 Å². The van der Waals surface area contributed by atoms with E-state index in [9.17, 15) is 0 Å². The van der Waals surface area contributed by atoms with Crippen molar-refractivity contribution in [2.75, 3.05) is 20.3 Å². The van der Waals surface area contributed by atoms with Gasteiger partial charge < -0.3 is 23.7 Å². The van der Waals surface area contributed by atoms with Crippen LogP contribution in [-0.4, -0.2) is 38.6 Å². The van der Waals surface area contributed by atoms with Gasteiger partial charge in [-0.2, -0.15) is 0 Å². The Labute approximate surface area is 244 Å². The first-order valence-corrected chi connectivity index (χ1v) is 14.1. The maximum atomic E-state index is 6.64. The zero-order valence-corrected chi connectivity index (χ0v) is 23.7. The van der Waals surface area contributed by atoms with Gasteiger partial charge in [0.25, 0.3) is 0 Å². The Bertz CT molecular complexity index is 1230. The van der Waals surface area contributed by atoms with Gasteiger partial charge in [0.1, 0.15) is 18.3 Å². The van der Waals surface area contributed by atoms with E-state index in [1.54, 1.807) is 7.11 Å². The molecule has 4 aromatic carbocycles. The summed E-state index contributed by atoms with van der Waals surface area (Å²) in [5.74, 6) is 0. The van der Waals surface area contributed by atoms with Crippen LogP contribution >= 0.6 is 0 Å². The molecule has 0 aromatic heterocycles. The van der Waals surface area contributed by atoms with Crippen molar-refractivity contribution >= 4 is 0 Å². The predicted octanol–water partition coefficient (Wildman–Crippen LogP) is 7.16. The van der Waals surface area contributed by atoms with E-state index in [0.717, 1.165) is 22.3 Å². The summed E-state index contributed by atoms with van der Waals surface area (Å²) in [6, 6.07) is 40.6. The number of methoxy groups -OCH3 is 1. The molecule has 0 aliphatic heterocycles. The van der Waals surface area contributed by atoms with Gasteiger partial charge in [-0.1, -0.05) is 133 Å². The highest BCUT2D eigenvalue weighted by molar-refractivity contribution is 5.16. The second kappa shape index (κ2) is 18.0. The number of hydrogen-bond donors (Lipinski definition) is 0. The highest BCUT2D eigenvalue weighted by atomic mass is 16.6. The second-order valence-electron chi connectivity index (χ2n) is 9.74. The number of rotatable bonds is 18. The summed E-state index contributed by atoms with van der Waals surface area (Å²) in [6.07, 6.45) is 2.71. The first kappa shape index (κ1) is 30.4. The molecule has 0 aliphatic rings. The SMILES string of the molecule is COC/C=C/[C@@H](OCc1ccccc1)[C@H](OCc1ccccc1)[C@@H](COCc1ccccc1)OCc1ccccc1. The summed E-state index contributed by atoms with van der Waals surface area (Å²) in [4.78, 5) is 0. The smallest absolute Gasteiger partial charge is 0.116 e. The molecule has 4 aromatic rings. The van der Waals surface area contributed by atoms with Crippen molar-refractivity contribution in [3.8, 4) is 0 Å². The zero-order chi connectivity index (χ0) is 28.4. The largest absolute Gasteiger partial charge is 0.381 e. The van der Waals surface area contributed by atoms with Crippen LogP contribution in [0.5, 0.6) is 0 Å². The molecule has 0 spiro atoms.